The number of hydrogen-bond donors (Lipinski definition) is 1. The third kappa shape index (κ3) is 4.04. The van der Waals surface area contributed by atoms with Gasteiger partial charge in [0.05, 0.1) is 17.8 Å². The molecule has 1 saturated heterocycles. The molecule has 2 atom stereocenters. The molecule has 2 unspecified atom stereocenters. The second-order valence-corrected chi connectivity index (χ2v) is 9.80. The van der Waals surface area contributed by atoms with Crippen LogP contribution >= 0.6 is 12.2 Å². The lowest BCUT2D eigenvalue weighted by atomic mass is 9.96. The smallest absolute Gasteiger partial charge is 0.174 e. The number of para-hydroxylation sites is 1. The molecular formula is C30H32N4S. The van der Waals surface area contributed by atoms with Gasteiger partial charge in [-0.3, -0.25) is 4.98 Å². The van der Waals surface area contributed by atoms with E-state index in [-0.39, 0.29) is 12.1 Å². The van der Waals surface area contributed by atoms with Gasteiger partial charge >= 0.3 is 0 Å². The summed E-state index contributed by atoms with van der Waals surface area (Å²) in [6.07, 6.45) is 2.85. The van der Waals surface area contributed by atoms with Gasteiger partial charge in [0, 0.05) is 29.0 Å². The van der Waals surface area contributed by atoms with Crippen molar-refractivity contribution in [2.24, 2.45) is 0 Å². The van der Waals surface area contributed by atoms with Gasteiger partial charge in [0.15, 0.2) is 5.11 Å². The predicted octanol–water partition coefficient (Wildman–Crippen LogP) is 6.85. The highest BCUT2D eigenvalue weighted by atomic mass is 32.1. The van der Waals surface area contributed by atoms with E-state index >= 15 is 0 Å². The zero-order valence-corrected chi connectivity index (χ0v) is 21.9. The Kier molecular flexibility index (Phi) is 6.20. The average molecular weight is 481 g/mol. The summed E-state index contributed by atoms with van der Waals surface area (Å²) in [4.78, 5) is 7.00. The number of hydrogen-bond acceptors (Lipinski definition) is 2. The van der Waals surface area contributed by atoms with Crippen molar-refractivity contribution in [3.05, 3.63) is 112 Å². The van der Waals surface area contributed by atoms with Crippen molar-refractivity contribution in [3.63, 3.8) is 0 Å². The molecule has 1 aliphatic heterocycles. The van der Waals surface area contributed by atoms with Crippen LogP contribution in [-0.2, 0) is 6.42 Å². The molecule has 0 aliphatic carbocycles. The number of thiocarbonyl (C=S) groups is 1. The van der Waals surface area contributed by atoms with Crippen molar-refractivity contribution in [1.82, 2.24) is 14.9 Å². The number of aryl methyl sites for hydroxylation is 4. The van der Waals surface area contributed by atoms with Crippen molar-refractivity contribution in [1.29, 1.82) is 0 Å². The van der Waals surface area contributed by atoms with E-state index < -0.39 is 0 Å². The standard InChI is InChI=1S/C30H32N4S/c1-6-23-11-7-8-13-27(23)33-21(4)18-25(22(33)5)29-28(26-12-9-10-16-31-26)32-30(35)34(29)24-15-14-19(2)20(3)17-24/h7-18,28-29H,6H2,1-5H3,(H,32,35). The largest absolute Gasteiger partial charge is 0.351 e. The van der Waals surface area contributed by atoms with E-state index in [2.05, 4.69) is 104 Å². The van der Waals surface area contributed by atoms with Crippen LogP contribution in [0.15, 0.2) is 72.9 Å². The highest BCUT2D eigenvalue weighted by molar-refractivity contribution is 7.80. The van der Waals surface area contributed by atoms with Crippen LogP contribution in [0.2, 0.25) is 0 Å². The number of rotatable bonds is 5. The highest BCUT2D eigenvalue weighted by Gasteiger charge is 2.42. The Hall–Kier alpha value is -3.44. The Morgan fingerprint density at radius 1 is 0.914 bits per heavy atom. The van der Waals surface area contributed by atoms with Gasteiger partial charge in [-0.2, -0.15) is 0 Å². The molecule has 1 N–H and O–H groups in total. The fourth-order valence-electron chi connectivity index (χ4n) is 5.31. The van der Waals surface area contributed by atoms with E-state index in [0.717, 1.165) is 22.9 Å². The molecule has 0 radical (unpaired) electrons. The van der Waals surface area contributed by atoms with Gasteiger partial charge < -0.3 is 14.8 Å². The third-order valence-corrected chi connectivity index (χ3v) is 7.58. The van der Waals surface area contributed by atoms with Gasteiger partial charge in [0.25, 0.3) is 0 Å². The number of nitrogens with one attached hydrogen (secondary N) is 1. The molecule has 1 fully saturated rings. The zero-order valence-electron chi connectivity index (χ0n) is 21.0. The molecule has 5 rings (SSSR count). The van der Waals surface area contributed by atoms with E-state index in [0.29, 0.717) is 0 Å². The fourth-order valence-corrected chi connectivity index (χ4v) is 5.66. The predicted molar refractivity (Wildman–Crippen MR) is 148 cm³/mol. The second kappa shape index (κ2) is 9.31. The average Bonchev–Trinajstić information content (AvgIpc) is 3.36. The normalized spacial score (nSPS) is 17.6. The third-order valence-electron chi connectivity index (χ3n) is 7.27. The summed E-state index contributed by atoms with van der Waals surface area (Å²) in [5.74, 6) is 0. The van der Waals surface area contributed by atoms with Crippen molar-refractivity contribution in [3.8, 4) is 5.69 Å². The number of pyridine rings is 1. The van der Waals surface area contributed by atoms with E-state index in [4.69, 9.17) is 17.2 Å². The monoisotopic (exact) mass is 480 g/mol. The van der Waals surface area contributed by atoms with Crippen LogP contribution in [0, 0.1) is 27.7 Å². The molecule has 0 amide bonds. The van der Waals surface area contributed by atoms with Crippen LogP contribution in [0.4, 0.5) is 5.69 Å². The highest BCUT2D eigenvalue weighted by Crippen LogP contribution is 2.44. The van der Waals surface area contributed by atoms with Gasteiger partial charge in [-0.1, -0.05) is 37.3 Å². The van der Waals surface area contributed by atoms with Gasteiger partial charge in [-0.15, -0.1) is 0 Å². The topological polar surface area (TPSA) is 33.1 Å². The van der Waals surface area contributed by atoms with Gasteiger partial charge in [-0.25, -0.2) is 0 Å². The quantitative estimate of drug-likeness (QED) is 0.317. The minimum Gasteiger partial charge on any atom is -0.351 e. The number of aromatic nitrogens is 2. The molecule has 4 nitrogen and oxygen atoms in total. The Bertz CT molecular complexity index is 1390. The zero-order chi connectivity index (χ0) is 24.7. The van der Waals surface area contributed by atoms with Crippen molar-refractivity contribution < 1.29 is 0 Å². The lowest BCUT2D eigenvalue weighted by molar-refractivity contribution is 0.565. The molecule has 0 saturated carbocycles. The lowest BCUT2D eigenvalue weighted by Crippen LogP contribution is -2.29. The summed E-state index contributed by atoms with van der Waals surface area (Å²) >= 11 is 5.95. The van der Waals surface area contributed by atoms with Crippen molar-refractivity contribution in [2.75, 3.05) is 4.90 Å². The van der Waals surface area contributed by atoms with Crippen LogP contribution < -0.4 is 10.2 Å². The number of benzene rings is 2. The Balaban J connectivity index is 1.70. The first kappa shape index (κ1) is 23.3. The Morgan fingerprint density at radius 2 is 1.69 bits per heavy atom. The maximum Gasteiger partial charge on any atom is 0.174 e. The fraction of sp³-hybridized carbons (Fsp3) is 0.267. The SMILES string of the molecule is CCc1ccccc1-n1c(C)cc(C2C(c3ccccn3)NC(=S)N2c2ccc(C)c(C)c2)c1C. The van der Waals surface area contributed by atoms with Gasteiger partial charge in [0.2, 0.25) is 0 Å². The summed E-state index contributed by atoms with van der Waals surface area (Å²) in [5.41, 5.74) is 10.9. The lowest BCUT2D eigenvalue weighted by Gasteiger charge is -2.28. The Labute approximate surface area is 213 Å². The molecular weight excluding hydrogens is 448 g/mol. The van der Waals surface area contributed by atoms with Crippen molar-refractivity contribution >= 4 is 23.0 Å². The second-order valence-electron chi connectivity index (χ2n) is 9.41. The molecule has 3 heterocycles. The Morgan fingerprint density at radius 3 is 2.40 bits per heavy atom. The number of nitrogens with zero attached hydrogens (tertiary/aromatic N) is 3. The number of anilines is 1. The summed E-state index contributed by atoms with van der Waals surface area (Å²) in [5, 5.41) is 4.33. The minimum atomic E-state index is -0.0549. The molecule has 35 heavy (non-hydrogen) atoms. The first-order valence-corrected chi connectivity index (χ1v) is 12.7. The molecule has 0 spiro atoms. The van der Waals surface area contributed by atoms with E-state index in [1.54, 1.807) is 0 Å². The maximum atomic E-state index is 5.95. The maximum absolute atomic E-state index is 5.95. The molecule has 0 bridgehead atoms. The van der Waals surface area contributed by atoms with E-state index in [1.807, 2.05) is 18.3 Å². The molecule has 2 aromatic carbocycles. The summed E-state index contributed by atoms with van der Waals surface area (Å²) in [7, 11) is 0. The molecule has 2 aromatic heterocycles. The van der Waals surface area contributed by atoms with Crippen LogP contribution in [0.25, 0.3) is 5.69 Å². The summed E-state index contributed by atoms with van der Waals surface area (Å²) in [6.45, 7) is 10.9. The summed E-state index contributed by atoms with van der Waals surface area (Å²) < 4.78 is 2.39. The van der Waals surface area contributed by atoms with E-state index in [9.17, 15) is 0 Å². The van der Waals surface area contributed by atoms with Crippen molar-refractivity contribution in [2.45, 2.75) is 53.1 Å². The first-order chi connectivity index (χ1) is 16.9. The summed E-state index contributed by atoms with van der Waals surface area (Å²) in [6, 6.07) is 23.6. The van der Waals surface area contributed by atoms with Crippen LogP contribution in [0.5, 0.6) is 0 Å². The first-order valence-electron chi connectivity index (χ1n) is 12.3. The molecule has 4 aromatic rings. The van der Waals surface area contributed by atoms with Gasteiger partial charge in [0.1, 0.15) is 0 Å². The molecule has 1 aliphatic rings. The van der Waals surface area contributed by atoms with Crippen LogP contribution in [0.3, 0.4) is 0 Å². The van der Waals surface area contributed by atoms with Crippen LogP contribution in [-0.4, -0.2) is 14.7 Å². The molecule has 5 heteroatoms. The minimum absolute atomic E-state index is 0.0201. The molecule has 178 valence electrons. The van der Waals surface area contributed by atoms with Crippen LogP contribution in [0.1, 0.15) is 58.3 Å². The van der Waals surface area contributed by atoms with Gasteiger partial charge in [-0.05, 0) is 105 Å². The van der Waals surface area contributed by atoms with E-state index in [1.165, 1.54) is 39.3 Å².